The SMILES string of the molecule is COC(=O)c1cc(F)c(N2C3CCC2CC(OCc2c(-c4c(F)cccc4F)c[nH]c2C2CC2)C3)c(F)c1. The van der Waals surface area contributed by atoms with Crippen LogP contribution >= 0.6 is 0 Å². The van der Waals surface area contributed by atoms with Crippen molar-refractivity contribution in [3.63, 3.8) is 0 Å². The van der Waals surface area contributed by atoms with Crippen LogP contribution in [0.3, 0.4) is 0 Å². The number of esters is 1. The number of fused-ring (bicyclic) bond motifs is 2. The number of ether oxygens (including phenoxy) is 2. The molecule has 6 rings (SSSR count). The van der Waals surface area contributed by atoms with Crippen LogP contribution in [-0.4, -0.2) is 36.3 Å². The third-order valence-corrected chi connectivity index (χ3v) is 8.09. The lowest BCUT2D eigenvalue weighted by molar-refractivity contribution is 0.0148. The number of piperidine rings is 1. The third kappa shape index (κ3) is 4.36. The molecule has 0 amide bonds. The largest absolute Gasteiger partial charge is 0.465 e. The van der Waals surface area contributed by atoms with Crippen LogP contribution in [0, 0.1) is 23.3 Å². The molecule has 3 aliphatic rings. The van der Waals surface area contributed by atoms with Crippen molar-refractivity contribution in [2.24, 2.45) is 0 Å². The summed E-state index contributed by atoms with van der Waals surface area (Å²) in [5.74, 6) is -3.30. The van der Waals surface area contributed by atoms with E-state index in [2.05, 4.69) is 9.72 Å². The van der Waals surface area contributed by atoms with E-state index in [1.165, 1.54) is 18.2 Å². The monoisotopic (exact) mass is 528 g/mol. The molecule has 200 valence electrons. The second-order valence-electron chi connectivity index (χ2n) is 10.4. The summed E-state index contributed by atoms with van der Waals surface area (Å²) in [4.78, 5) is 16.8. The molecule has 2 bridgehead atoms. The molecule has 2 aromatic carbocycles. The number of hydrogen-bond acceptors (Lipinski definition) is 4. The Bertz CT molecular complexity index is 1330. The van der Waals surface area contributed by atoms with Gasteiger partial charge in [-0.15, -0.1) is 0 Å². The normalized spacial score (nSPS) is 22.7. The van der Waals surface area contributed by atoms with Gasteiger partial charge >= 0.3 is 5.97 Å². The van der Waals surface area contributed by atoms with Crippen LogP contribution < -0.4 is 4.90 Å². The molecular formula is C29H28F4N2O3. The smallest absolute Gasteiger partial charge is 0.338 e. The van der Waals surface area contributed by atoms with E-state index in [4.69, 9.17) is 4.74 Å². The molecule has 1 aromatic heterocycles. The Morgan fingerprint density at radius 2 is 1.61 bits per heavy atom. The molecule has 0 radical (unpaired) electrons. The number of methoxy groups -OCH3 is 1. The molecule has 1 saturated carbocycles. The summed E-state index contributed by atoms with van der Waals surface area (Å²) in [6, 6.07) is 5.62. The topological polar surface area (TPSA) is 54.6 Å². The van der Waals surface area contributed by atoms with E-state index >= 15 is 8.78 Å². The Labute approximate surface area is 217 Å². The van der Waals surface area contributed by atoms with E-state index in [0.717, 1.165) is 56.2 Å². The molecule has 3 aromatic rings. The number of carbonyl (C=O) groups is 1. The first-order valence-corrected chi connectivity index (χ1v) is 13.0. The lowest BCUT2D eigenvalue weighted by Crippen LogP contribution is -2.46. The van der Waals surface area contributed by atoms with Crippen LogP contribution in [0.25, 0.3) is 11.1 Å². The van der Waals surface area contributed by atoms with Crippen molar-refractivity contribution in [1.29, 1.82) is 0 Å². The number of rotatable bonds is 7. The summed E-state index contributed by atoms with van der Waals surface area (Å²) in [5.41, 5.74) is 1.84. The number of aromatic amines is 1. The molecule has 2 atom stereocenters. The number of benzene rings is 2. The molecular weight excluding hydrogens is 500 g/mol. The van der Waals surface area contributed by atoms with E-state index in [9.17, 15) is 13.6 Å². The average molecular weight is 529 g/mol. The second kappa shape index (κ2) is 9.76. The maximum Gasteiger partial charge on any atom is 0.338 e. The summed E-state index contributed by atoms with van der Waals surface area (Å²) in [7, 11) is 1.16. The maximum atomic E-state index is 15.0. The number of hydrogen-bond donors (Lipinski definition) is 1. The van der Waals surface area contributed by atoms with E-state index < -0.39 is 29.2 Å². The highest BCUT2D eigenvalue weighted by molar-refractivity contribution is 5.90. The van der Waals surface area contributed by atoms with Gasteiger partial charge in [0.1, 0.15) is 29.0 Å². The highest BCUT2D eigenvalue weighted by Crippen LogP contribution is 2.46. The van der Waals surface area contributed by atoms with Crippen molar-refractivity contribution in [3.05, 3.63) is 76.6 Å². The van der Waals surface area contributed by atoms with Crippen molar-refractivity contribution in [2.45, 2.75) is 69.2 Å². The Balaban J connectivity index is 1.21. The average Bonchev–Trinajstić information content (AvgIpc) is 3.60. The molecule has 9 heteroatoms. The van der Waals surface area contributed by atoms with Gasteiger partial charge in [0, 0.05) is 35.1 Å². The molecule has 2 unspecified atom stereocenters. The molecule has 1 N–H and O–H groups in total. The van der Waals surface area contributed by atoms with Crippen molar-refractivity contribution in [3.8, 4) is 11.1 Å². The van der Waals surface area contributed by atoms with Gasteiger partial charge in [0.05, 0.1) is 30.9 Å². The number of H-pyrrole nitrogens is 1. The van der Waals surface area contributed by atoms with Gasteiger partial charge in [-0.05, 0) is 68.7 Å². The molecule has 3 heterocycles. The first-order chi connectivity index (χ1) is 18.4. The van der Waals surface area contributed by atoms with Gasteiger partial charge in [0.25, 0.3) is 0 Å². The minimum atomic E-state index is -0.797. The van der Waals surface area contributed by atoms with Gasteiger partial charge in [0.2, 0.25) is 0 Å². The predicted molar refractivity (Wildman–Crippen MR) is 133 cm³/mol. The predicted octanol–water partition coefficient (Wildman–Crippen LogP) is 6.62. The number of nitrogens with zero attached hydrogens (tertiary/aromatic N) is 1. The number of carbonyl (C=O) groups excluding carboxylic acids is 1. The van der Waals surface area contributed by atoms with Gasteiger partial charge in [-0.25, -0.2) is 22.4 Å². The van der Waals surface area contributed by atoms with Crippen LogP contribution in [0.15, 0.2) is 36.5 Å². The highest BCUT2D eigenvalue weighted by atomic mass is 19.1. The molecule has 1 aliphatic carbocycles. The Morgan fingerprint density at radius 1 is 0.974 bits per heavy atom. The lowest BCUT2D eigenvalue weighted by Gasteiger charge is -2.40. The van der Waals surface area contributed by atoms with Crippen LogP contribution in [0.1, 0.15) is 66.1 Å². The van der Waals surface area contributed by atoms with E-state index in [-0.39, 0.29) is 41.6 Å². The van der Waals surface area contributed by atoms with Crippen molar-refractivity contribution in [1.82, 2.24) is 4.98 Å². The van der Waals surface area contributed by atoms with E-state index in [1.54, 1.807) is 11.1 Å². The van der Waals surface area contributed by atoms with Crippen molar-refractivity contribution < 1.29 is 31.8 Å². The fourth-order valence-corrected chi connectivity index (χ4v) is 6.22. The zero-order chi connectivity index (χ0) is 26.6. The summed E-state index contributed by atoms with van der Waals surface area (Å²) in [5, 5.41) is 0. The Kier molecular flexibility index (Phi) is 6.42. The fraction of sp³-hybridized carbons (Fsp3) is 0.414. The summed E-state index contributed by atoms with van der Waals surface area (Å²) in [6.45, 7) is 0.194. The fourth-order valence-electron chi connectivity index (χ4n) is 6.22. The van der Waals surface area contributed by atoms with E-state index in [1.807, 2.05) is 0 Å². The maximum absolute atomic E-state index is 15.0. The third-order valence-electron chi connectivity index (χ3n) is 8.09. The Hall–Kier alpha value is -3.33. The van der Waals surface area contributed by atoms with Gasteiger partial charge in [0.15, 0.2) is 0 Å². The van der Waals surface area contributed by atoms with Gasteiger partial charge in [-0.1, -0.05) is 6.07 Å². The number of aromatic nitrogens is 1. The minimum Gasteiger partial charge on any atom is -0.465 e. The zero-order valence-corrected chi connectivity index (χ0v) is 20.9. The number of anilines is 1. The molecule has 38 heavy (non-hydrogen) atoms. The van der Waals surface area contributed by atoms with Crippen LogP contribution in [-0.2, 0) is 16.1 Å². The minimum absolute atomic E-state index is 0.0644. The quantitative estimate of drug-likeness (QED) is 0.277. The summed E-state index contributed by atoms with van der Waals surface area (Å²) < 4.78 is 70.2. The standard InChI is InChI=1S/C29H28F4N2O3/c1-37-29(36)16-9-24(32)28(25(33)10-16)35-17-7-8-18(35)12-19(11-17)38-14-21-20(13-34-27(21)15-5-6-15)26-22(30)3-2-4-23(26)31/h2-4,9-10,13,15,17-19,34H,5-8,11-12,14H2,1H3. The first kappa shape index (κ1) is 25.0. The van der Waals surface area contributed by atoms with Crippen molar-refractivity contribution in [2.75, 3.05) is 12.0 Å². The van der Waals surface area contributed by atoms with Gasteiger partial charge < -0.3 is 19.4 Å². The van der Waals surface area contributed by atoms with Crippen molar-refractivity contribution >= 4 is 11.7 Å². The Morgan fingerprint density at radius 3 is 2.18 bits per heavy atom. The van der Waals surface area contributed by atoms with Gasteiger partial charge in [-0.2, -0.15) is 0 Å². The van der Waals surface area contributed by atoms with Crippen LogP contribution in [0.4, 0.5) is 23.2 Å². The molecule has 0 spiro atoms. The summed E-state index contributed by atoms with van der Waals surface area (Å²) >= 11 is 0. The first-order valence-electron chi connectivity index (χ1n) is 13.0. The van der Waals surface area contributed by atoms with Crippen LogP contribution in [0.2, 0.25) is 0 Å². The molecule has 3 fully saturated rings. The zero-order valence-electron chi connectivity index (χ0n) is 20.9. The number of nitrogens with one attached hydrogen (secondary N) is 1. The highest BCUT2D eigenvalue weighted by Gasteiger charge is 2.43. The molecule has 2 aliphatic heterocycles. The second-order valence-corrected chi connectivity index (χ2v) is 10.4. The van der Waals surface area contributed by atoms with Gasteiger partial charge in [-0.3, -0.25) is 0 Å². The molecule has 5 nitrogen and oxygen atoms in total. The number of halogens is 4. The van der Waals surface area contributed by atoms with Crippen LogP contribution in [0.5, 0.6) is 0 Å². The van der Waals surface area contributed by atoms with E-state index in [0.29, 0.717) is 24.3 Å². The molecule has 2 saturated heterocycles. The lowest BCUT2D eigenvalue weighted by atomic mass is 9.97. The summed E-state index contributed by atoms with van der Waals surface area (Å²) in [6.07, 6.45) is 6.20.